The predicted octanol–water partition coefficient (Wildman–Crippen LogP) is 5.24. The first-order valence-electron chi connectivity index (χ1n) is 14.4. The summed E-state index contributed by atoms with van der Waals surface area (Å²) in [7, 11) is 0. The molecule has 0 spiro atoms. The molecular formula is C33H38Cl2N4O2. The minimum Gasteiger partial charge on any atom is -0.343 e. The van der Waals surface area contributed by atoms with Crippen molar-refractivity contribution < 1.29 is 9.59 Å². The number of likely N-dealkylation sites (tertiary alicyclic amines) is 2. The second-order valence-corrected chi connectivity index (χ2v) is 12.3. The van der Waals surface area contributed by atoms with Crippen LogP contribution in [-0.4, -0.2) is 65.9 Å². The van der Waals surface area contributed by atoms with Gasteiger partial charge in [-0.25, -0.2) is 0 Å². The van der Waals surface area contributed by atoms with Crippen LogP contribution in [0.1, 0.15) is 48.3 Å². The highest BCUT2D eigenvalue weighted by molar-refractivity contribution is 6.35. The smallest absolute Gasteiger partial charge is 0.245 e. The van der Waals surface area contributed by atoms with Gasteiger partial charge in [-0.1, -0.05) is 89.9 Å². The van der Waals surface area contributed by atoms with Crippen molar-refractivity contribution in [1.82, 2.24) is 15.1 Å². The largest absolute Gasteiger partial charge is 0.343 e. The molecule has 2 amide bonds. The van der Waals surface area contributed by atoms with Crippen LogP contribution < -0.4 is 11.1 Å². The number of carbonyl (C=O) groups excluding carboxylic acids is 2. The molecular weight excluding hydrogens is 555 g/mol. The summed E-state index contributed by atoms with van der Waals surface area (Å²) in [5.41, 5.74) is 9.24. The van der Waals surface area contributed by atoms with Crippen LogP contribution in [0.25, 0.3) is 0 Å². The lowest BCUT2D eigenvalue weighted by atomic mass is 9.96. The van der Waals surface area contributed by atoms with Crippen LogP contribution in [0.2, 0.25) is 10.0 Å². The molecule has 5 rings (SSSR count). The molecule has 2 fully saturated rings. The lowest BCUT2D eigenvalue weighted by Gasteiger charge is -2.32. The number of nitrogens with one attached hydrogen (secondary N) is 1. The third-order valence-corrected chi connectivity index (χ3v) is 9.04. The topological polar surface area (TPSA) is 78.7 Å². The van der Waals surface area contributed by atoms with E-state index in [1.807, 2.05) is 29.2 Å². The summed E-state index contributed by atoms with van der Waals surface area (Å²) in [4.78, 5) is 31.5. The molecule has 216 valence electrons. The second kappa shape index (κ2) is 13.4. The van der Waals surface area contributed by atoms with E-state index in [2.05, 4.69) is 52.7 Å². The maximum atomic E-state index is 14.3. The van der Waals surface area contributed by atoms with Gasteiger partial charge in [0, 0.05) is 48.1 Å². The Morgan fingerprint density at radius 2 is 1.61 bits per heavy atom. The van der Waals surface area contributed by atoms with E-state index in [1.165, 1.54) is 11.1 Å². The zero-order valence-electron chi connectivity index (χ0n) is 23.4. The minimum absolute atomic E-state index is 0.0256. The van der Waals surface area contributed by atoms with Gasteiger partial charge in [0.2, 0.25) is 11.8 Å². The lowest BCUT2D eigenvalue weighted by molar-refractivity contribution is -0.137. The quantitative estimate of drug-likeness (QED) is 0.356. The number of hydrogen-bond donors (Lipinski definition) is 2. The zero-order chi connectivity index (χ0) is 28.9. The van der Waals surface area contributed by atoms with E-state index < -0.39 is 12.1 Å². The van der Waals surface area contributed by atoms with Gasteiger partial charge >= 0.3 is 0 Å². The van der Waals surface area contributed by atoms with E-state index in [4.69, 9.17) is 28.9 Å². The maximum Gasteiger partial charge on any atom is 0.245 e. The van der Waals surface area contributed by atoms with Gasteiger partial charge in [-0.15, -0.1) is 0 Å². The Morgan fingerprint density at radius 3 is 2.24 bits per heavy atom. The number of amides is 2. The van der Waals surface area contributed by atoms with Crippen LogP contribution in [0.4, 0.5) is 0 Å². The predicted molar refractivity (Wildman–Crippen MR) is 165 cm³/mol. The Kier molecular flexibility index (Phi) is 9.66. The van der Waals surface area contributed by atoms with E-state index in [-0.39, 0.29) is 30.2 Å². The summed E-state index contributed by atoms with van der Waals surface area (Å²) in [6, 6.07) is 24.8. The van der Waals surface area contributed by atoms with Gasteiger partial charge in [-0.05, 0) is 61.1 Å². The molecule has 3 aromatic rings. The first-order valence-corrected chi connectivity index (χ1v) is 15.2. The molecule has 6 nitrogen and oxygen atoms in total. The fraction of sp³-hybridized carbons (Fsp3) is 0.394. The molecule has 5 atom stereocenters. The van der Waals surface area contributed by atoms with Crippen LogP contribution in [-0.2, 0) is 16.0 Å². The van der Waals surface area contributed by atoms with E-state index in [9.17, 15) is 9.59 Å². The molecule has 3 unspecified atom stereocenters. The molecule has 8 heteroatoms. The van der Waals surface area contributed by atoms with Crippen molar-refractivity contribution in [3.63, 3.8) is 0 Å². The molecule has 2 aliphatic heterocycles. The average Bonchev–Trinajstić information content (AvgIpc) is 3.62. The lowest BCUT2D eigenvalue weighted by Crippen LogP contribution is -2.55. The van der Waals surface area contributed by atoms with Crippen molar-refractivity contribution in [3.8, 4) is 0 Å². The summed E-state index contributed by atoms with van der Waals surface area (Å²) >= 11 is 12.6. The summed E-state index contributed by atoms with van der Waals surface area (Å²) in [6.07, 6.45) is 2.24. The Balaban J connectivity index is 1.38. The van der Waals surface area contributed by atoms with Gasteiger partial charge in [0.1, 0.15) is 6.04 Å². The minimum atomic E-state index is -0.792. The Labute approximate surface area is 252 Å². The number of benzene rings is 3. The third-order valence-electron chi connectivity index (χ3n) is 8.45. The molecule has 2 heterocycles. The van der Waals surface area contributed by atoms with E-state index in [0.29, 0.717) is 22.5 Å². The SMILES string of the molecule is CC(N)C(=O)NC(Cc1ccc(Cl)cc1Cl)C(=O)N1C[C@@H](c2ccccc2)C[C@H]1CN1CCC(c2ccccc2)C1. The molecule has 0 radical (unpaired) electrons. The van der Waals surface area contributed by atoms with Gasteiger partial charge in [-0.2, -0.15) is 0 Å². The normalized spacial score (nSPS) is 22.4. The first kappa shape index (κ1) is 29.6. The number of nitrogens with two attached hydrogens (primary N) is 1. The average molecular weight is 594 g/mol. The van der Waals surface area contributed by atoms with E-state index >= 15 is 0 Å². The number of carbonyl (C=O) groups is 2. The summed E-state index contributed by atoms with van der Waals surface area (Å²) in [6.45, 7) is 4.99. The summed E-state index contributed by atoms with van der Waals surface area (Å²) in [5, 5.41) is 3.91. The van der Waals surface area contributed by atoms with Gasteiger partial charge < -0.3 is 20.9 Å². The van der Waals surface area contributed by atoms with Gasteiger partial charge in [0.25, 0.3) is 0 Å². The molecule has 3 N–H and O–H groups in total. The highest BCUT2D eigenvalue weighted by Crippen LogP contribution is 2.35. The van der Waals surface area contributed by atoms with Crippen molar-refractivity contribution in [2.45, 2.75) is 56.1 Å². The molecule has 0 aromatic heterocycles. The monoisotopic (exact) mass is 592 g/mol. The zero-order valence-corrected chi connectivity index (χ0v) is 24.9. The van der Waals surface area contributed by atoms with Crippen molar-refractivity contribution in [2.75, 3.05) is 26.2 Å². The van der Waals surface area contributed by atoms with Crippen LogP contribution in [0.3, 0.4) is 0 Å². The van der Waals surface area contributed by atoms with E-state index in [1.54, 1.807) is 19.1 Å². The fourth-order valence-corrected chi connectivity index (χ4v) is 6.72. The Morgan fingerprint density at radius 1 is 0.951 bits per heavy atom. The third kappa shape index (κ3) is 7.31. The van der Waals surface area contributed by atoms with Crippen LogP contribution in [0, 0.1) is 0 Å². The molecule has 0 saturated carbocycles. The Bertz CT molecular complexity index is 1340. The molecule has 0 aliphatic carbocycles. The van der Waals surface area contributed by atoms with Crippen LogP contribution in [0.15, 0.2) is 78.9 Å². The van der Waals surface area contributed by atoms with Crippen molar-refractivity contribution in [1.29, 1.82) is 0 Å². The van der Waals surface area contributed by atoms with Gasteiger partial charge in [0.15, 0.2) is 0 Å². The molecule has 2 saturated heterocycles. The van der Waals surface area contributed by atoms with Crippen molar-refractivity contribution in [2.24, 2.45) is 5.73 Å². The number of rotatable bonds is 9. The number of halogens is 2. The van der Waals surface area contributed by atoms with Gasteiger partial charge in [0.05, 0.1) is 6.04 Å². The van der Waals surface area contributed by atoms with Crippen LogP contribution >= 0.6 is 23.2 Å². The molecule has 41 heavy (non-hydrogen) atoms. The van der Waals surface area contributed by atoms with Crippen molar-refractivity contribution >= 4 is 35.0 Å². The summed E-state index contributed by atoms with van der Waals surface area (Å²) < 4.78 is 0. The van der Waals surface area contributed by atoms with E-state index in [0.717, 1.165) is 38.0 Å². The number of hydrogen-bond acceptors (Lipinski definition) is 4. The maximum absolute atomic E-state index is 14.3. The van der Waals surface area contributed by atoms with Gasteiger partial charge in [-0.3, -0.25) is 9.59 Å². The standard InChI is InChI=1S/C33H38Cl2N4O2/c1-22(36)32(40)37-31(17-25-12-13-28(34)18-30(25)35)33(41)39-20-27(24-10-6-3-7-11-24)16-29(39)21-38-15-14-26(19-38)23-8-4-2-5-9-23/h2-13,18,22,26-27,29,31H,14-17,19-21,36H2,1H3,(H,37,40)/t22?,26?,27-,29-,31?/m0/s1. The molecule has 2 aliphatic rings. The second-order valence-electron chi connectivity index (χ2n) is 11.4. The first-order chi connectivity index (χ1) is 19.8. The molecule has 0 bridgehead atoms. The number of nitrogens with zero attached hydrogens (tertiary/aromatic N) is 2. The highest BCUT2D eigenvalue weighted by Gasteiger charge is 2.40. The summed E-state index contributed by atoms with van der Waals surface area (Å²) in [5.74, 6) is 0.250. The Hall–Kier alpha value is -2.90. The fourth-order valence-electron chi connectivity index (χ4n) is 6.23. The molecule has 3 aromatic carbocycles. The van der Waals surface area contributed by atoms with Crippen molar-refractivity contribution in [3.05, 3.63) is 106 Å². The van der Waals surface area contributed by atoms with Crippen LogP contribution in [0.5, 0.6) is 0 Å². The highest BCUT2D eigenvalue weighted by atomic mass is 35.5.